The Morgan fingerprint density at radius 2 is 1.93 bits per heavy atom. The van der Waals surface area contributed by atoms with Gasteiger partial charge in [-0.25, -0.2) is 0 Å². The predicted octanol–water partition coefficient (Wildman–Crippen LogP) is 4.91. The normalized spacial score (nSPS) is 21.3. The maximum Gasteiger partial charge on any atom is 0.307 e. The number of thioether (sulfide) groups is 1. The van der Waals surface area contributed by atoms with Crippen LogP contribution in [0.1, 0.15) is 36.0 Å². The van der Waals surface area contributed by atoms with Gasteiger partial charge in [-0.05, 0) is 54.1 Å². The van der Waals surface area contributed by atoms with Crippen LogP contribution in [0.4, 0.5) is 0 Å². The van der Waals surface area contributed by atoms with E-state index in [4.69, 9.17) is 0 Å². The molecular formula is C23H25NO2S. The van der Waals surface area contributed by atoms with E-state index >= 15 is 0 Å². The van der Waals surface area contributed by atoms with Gasteiger partial charge in [-0.2, -0.15) is 0 Å². The maximum atomic E-state index is 11.3. The average Bonchev–Trinajstić information content (AvgIpc) is 2.86. The van der Waals surface area contributed by atoms with Crippen LogP contribution in [0.5, 0.6) is 0 Å². The molecule has 2 aliphatic heterocycles. The van der Waals surface area contributed by atoms with Crippen LogP contribution in [-0.2, 0) is 10.5 Å². The molecule has 1 atom stereocenters. The summed E-state index contributed by atoms with van der Waals surface area (Å²) in [6.45, 7) is 2.61. The number of rotatable bonds is 4. The highest BCUT2D eigenvalue weighted by Gasteiger charge is 2.25. The molecule has 0 amide bonds. The van der Waals surface area contributed by atoms with Crippen LogP contribution >= 0.6 is 11.8 Å². The van der Waals surface area contributed by atoms with E-state index in [9.17, 15) is 9.90 Å². The lowest BCUT2D eigenvalue weighted by molar-refractivity contribution is -0.143. The Morgan fingerprint density at radius 1 is 1.15 bits per heavy atom. The van der Waals surface area contributed by atoms with Crippen molar-refractivity contribution in [3.63, 3.8) is 0 Å². The summed E-state index contributed by atoms with van der Waals surface area (Å²) >= 11 is 1.90. The van der Waals surface area contributed by atoms with E-state index in [2.05, 4.69) is 59.5 Å². The van der Waals surface area contributed by atoms with Crippen molar-refractivity contribution in [3.8, 4) is 0 Å². The van der Waals surface area contributed by atoms with Gasteiger partial charge in [-0.3, -0.25) is 4.79 Å². The van der Waals surface area contributed by atoms with Crippen molar-refractivity contribution in [1.82, 2.24) is 4.90 Å². The van der Waals surface area contributed by atoms with Crippen LogP contribution < -0.4 is 0 Å². The number of aliphatic carboxylic acids is 1. The summed E-state index contributed by atoms with van der Waals surface area (Å²) in [7, 11) is 0. The van der Waals surface area contributed by atoms with Crippen molar-refractivity contribution in [2.45, 2.75) is 29.9 Å². The van der Waals surface area contributed by atoms with Crippen LogP contribution in [-0.4, -0.2) is 35.6 Å². The zero-order valence-corrected chi connectivity index (χ0v) is 16.3. The fourth-order valence-electron chi connectivity index (χ4n) is 4.10. The van der Waals surface area contributed by atoms with Crippen molar-refractivity contribution < 1.29 is 9.90 Å². The van der Waals surface area contributed by atoms with E-state index in [1.165, 1.54) is 27.2 Å². The minimum absolute atomic E-state index is 0.206. The SMILES string of the molecule is O=C(O)C1CCCN(CC/C=C2/c3ccccc3CSc3ccccc32)C1. The predicted molar refractivity (Wildman–Crippen MR) is 111 cm³/mol. The van der Waals surface area contributed by atoms with Crippen molar-refractivity contribution >= 4 is 23.3 Å². The molecule has 4 rings (SSSR count). The molecule has 0 spiro atoms. The molecule has 2 heterocycles. The first-order chi connectivity index (χ1) is 13.2. The summed E-state index contributed by atoms with van der Waals surface area (Å²) in [6, 6.07) is 17.3. The van der Waals surface area contributed by atoms with E-state index in [1.54, 1.807) is 0 Å². The van der Waals surface area contributed by atoms with Crippen molar-refractivity contribution in [1.29, 1.82) is 0 Å². The van der Waals surface area contributed by atoms with Crippen LogP contribution in [0.25, 0.3) is 5.57 Å². The first-order valence-electron chi connectivity index (χ1n) is 9.68. The van der Waals surface area contributed by atoms with Crippen molar-refractivity contribution in [2.75, 3.05) is 19.6 Å². The number of carbonyl (C=O) groups is 1. The van der Waals surface area contributed by atoms with Crippen LogP contribution in [0, 0.1) is 5.92 Å². The fraction of sp³-hybridized carbons (Fsp3) is 0.348. The van der Waals surface area contributed by atoms with Gasteiger partial charge in [-0.15, -0.1) is 11.8 Å². The van der Waals surface area contributed by atoms with Crippen LogP contribution in [0.3, 0.4) is 0 Å². The minimum Gasteiger partial charge on any atom is -0.481 e. The Labute approximate surface area is 165 Å². The van der Waals surface area contributed by atoms with Gasteiger partial charge < -0.3 is 10.0 Å². The average molecular weight is 380 g/mol. The molecule has 3 nitrogen and oxygen atoms in total. The number of hydrogen-bond donors (Lipinski definition) is 1. The first kappa shape index (κ1) is 18.3. The molecule has 1 N–H and O–H groups in total. The lowest BCUT2D eigenvalue weighted by Crippen LogP contribution is -2.39. The number of fused-ring (bicyclic) bond motifs is 2. The molecule has 2 aliphatic rings. The molecule has 0 saturated carbocycles. The maximum absolute atomic E-state index is 11.3. The van der Waals surface area contributed by atoms with Crippen molar-refractivity contribution in [2.24, 2.45) is 5.92 Å². The quantitative estimate of drug-likeness (QED) is 0.819. The number of piperidine rings is 1. The van der Waals surface area contributed by atoms with Gasteiger partial charge >= 0.3 is 5.97 Å². The van der Waals surface area contributed by atoms with Crippen LogP contribution in [0.2, 0.25) is 0 Å². The van der Waals surface area contributed by atoms with E-state index in [0.29, 0.717) is 6.54 Å². The van der Waals surface area contributed by atoms with Gasteiger partial charge in [-0.1, -0.05) is 48.5 Å². The van der Waals surface area contributed by atoms with Gasteiger partial charge in [0.05, 0.1) is 5.92 Å². The molecule has 1 saturated heterocycles. The highest BCUT2D eigenvalue weighted by Crippen LogP contribution is 2.40. The molecule has 0 aromatic heterocycles. The highest BCUT2D eigenvalue weighted by molar-refractivity contribution is 7.98. The molecule has 27 heavy (non-hydrogen) atoms. The number of likely N-dealkylation sites (tertiary alicyclic amines) is 1. The van der Waals surface area contributed by atoms with Gasteiger partial charge in [0.2, 0.25) is 0 Å². The first-order valence-corrected chi connectivity index (χ1v) is 10.7. The second kappa shape index (κ2) is 8.32. The summed E-state index contributed by atoms with van der Waals surface area (Å²) in [5.41, 5.74) is 5.35. The summed E-state index contributed by atoms with van der Waals surface area (Å²) in [4.78, 5) is 14.9. The second-order valence-electron chi connectivity index (χ2n) is 7.33. The summed E-state index contributed by atoms with van der Waals surface area (Å²) in [6.07, 6.45) is 5.09. The van der Waals surface area contributed by atoms with Crippen LogP contribution in [0.15, 0.2) is 59.5 Å². The molecule has 4 heteroatoms. The third kappa shape index (κ3) is 4.12. The molecule has 1 unspecified atom stereocenters. The van der Waals surface area contributed by atoms with E-state index < -0.39 is 5.97 Å². The number of carboxylic acid groups (broad SMARTS) is 1. The zero-order chi connectivity index (χ0) is 18.6. The topological polar surface area (TPSA) is 40.5 Å². The fourth-order valence-corrected chi connectivity index (χ4v) is 5.17. The Morgan fingerprint density at radius 3 is 2.78 bits per heavy atom. The minimum atomic E-state index is -0.651. The summed E-state index contributed by atoms with van der Waals surface area (Å²) < 4.78 is 0. The van der Waals surface area contributed by atoms with Gasteiger partial charge in [0.25, 0.3) is 0 Å². The van der Waals surface area contributed by atoms with Gasteiger partial charge in [0, 0.05) is 23.7 Å². The summed E-state index contributed by atoms with van der Waals surface area (Å²) in [5.74, 6) is 0.139. The zero-order valence-electron chi connectivity index (χ0n) is 15.4. The molecule has 0 radical (unpaired) electrons. The highest BCUT2D eigenvalue weighted by atomic mass is 32.2. The number of hydrogen-bond acceptors (Lipinski definition) is 3. The molecule has 0 aliphatic carbocycles. The number of nitrogens with zero attached hydrogens (tertiary/aromatic N) is 1. The third-order valence-corrected chi connectivity index (χ3v) is 6.64. The molecule has 0 bridgehead atoms. The molecule has 2 aromatic carbocycles. The third-order valence-electron chi connectivity index (χ3n) is 5.52. The Kier molecular flexibility index (Phi) is 5.65. The number of carboxylic acids is 1. The number of benzene rings is 2. The Hall–Kier alpha value is -2.04. The molecule has 2 aromatic rings. The largest absolute Gasteiger partial charge is 0.481 e. The van der Waals surface area contributed by atoms with Gasteiger partial charge in [0.1, 0.15) is 0 Å². The molecular weight excluding hydrogens is 354 g/mol. The Bertz CT molecular complexity index is 811. The molecule has 1 fully saturated rings. The lowest BCUT2D eigenvalue weighted by atomic mass is 9.93. The molecule has 140 valence electrons. The lowest BCUT2D eigenvalue weighted by Gasteiger charge is -2.30. The summed E-state index contributed by atoms with van der Waals surface area (Å²) in [5, 5.41) is 9.29. The van der Waals surface area contributed by atoms with E-state index in [0.717, 1.165) is 38.1 Å². The standard InChI is InChI=1S/C23H25NO2S/c25-23(26)17-8-5-13-24(15-17)14-6-11-20-19-9-2-1-7-18(19)16-27-22-12-4-3-10-21(20)22/h1-4,7,9-12,17H,5-6,8,13-16H2,(H,25,26)/b20-11-. The van der Waals surface area contributed by atoms with E-state index in [1.807, 2.05) is 11.8 Å². The smallest absolute Gasteiger partial charge is 0.307 e. The van der Waals surface area contributed by atoms with E-state index in [-0.39, 0.29) is 5.92 Å². The van der Waals surface area contributed by atoms with Crippen molar-refractivity contribution in [3.05, 3.63) is 71.3 Å². The monoisotopic (exact) mass is 379 g/mol. The second-order valence-corrected chi connectivity index (χ2v) is 8.34. The Balaban J connectivity index is 1.56. The van der Waals surface area contributed by atoms with Gasteiger partial charge in [0.15, 0.2) is 0 Å².